The molecule has 0 spiro atoms. The van der Waals surface area contributed by atoms with Crippen LogP contribution in [0.25, 0.3) is 12.2 Å². The molecule has 0 radical (unpaired) electrons. The fourth-order valence-corrected chi connectivity index (χ4v) is 2.10. The number of methoxy groups -OCH3 is 1. The molecule has 124 valence electrons. The summed E-state index contributed by atoms with van der Waals surface area (Å²) in [6.45, 7) is 0. The molecule has 24 heavy (non-hydrogen) atoms. The van der Waals surface area contributed by atoms with Crippen molar-refractivity contribution in [2.24, 2.45) is 7.05 Å². The maximum atomic E-state index is 11.8. The van der Waals surface area contributed by atoms with Crippen LogP contribution in [0.2, 0.25) is 0 Å². The highest BCUT2D eigenvalue weighted by molar-refractivity contribution is 6.10. The first-order chi connectivity index (χ1) is 11.5. The molecule has 2 aromatic rings. The van der Waals surface area contributed by atoms with Crippen molar-refractivity contribution in [1.29, 1.82) is 0 Å². The number of hydrogen-bond acceptors (Lipinski definition) is 4. The number of nitrogens with zero attached hydrogens (tertiary/aromatic N) is 1. The molecule has 0 amide bonds. The summed E-state index contributed by atoms with van der Waals surface area (Å²) in [4.78, 5) is 23.7. The molecular formula is C19H19NO4. The van der Waals surface area contributed by atoms with E-state index in [0.717, 1.165) is 5.69 Å². The predicted molar refractivity (Wildman–Crippen MR) is 92.8 cm³/mol. The van der Waals surface area contributed by atoms with Gasteiger partial charge in [0.15, 0.2) is 23.1 Å². The Morgan fingerprint density at radius 1 is 1.17 bits per heavy atom. The van der Waals surface area contributed by atoms with Crippen LogP contribution < -0.4 is 4.74 Å². The average molecular weight is 325 g/mol. The second kappa shape index (κ2) is 7.97. The number of aromatic nitrogens is 1. The van der Waals surface area contributed by atoms with Gasteiger partial charge in [0.2, 0.25) is 0 Å². The molecule has 0 bridgehead atoms. The zero-order valence-electron chi connectivity index (χ0n) is 13.6. The van der Waals surface area contributed by atoms with Crippen molar-refractivity contribution in [2.75, 3.05) is 7.11 Å². The number of phenols is 1. The zero-order chi connectivity index (χ0) is 17.5. The minimum atomic E-state index is -0.288. The Morgan fingerprint density at radius 2 is 1.88 bits per heavy atom. The van der Waals surface area contributed by atoms with Gasteiger partial charge >= 0.3 is 0 Å². The number of allylic oxidation sites excluding steroid dienone is 2. The lowest BCUT2D eigenvalue weighted by Gasteiger charge is -2.03. The number of carbonyl (C=O) groups is 2. The number of phenolic OH excluding ortho intramolecular Hbond substituents is 1. The molecule has 0 fully saturated rings. The van der Waals surface area contributed by atoms with Crippen molar-refractivity contribution in [1.82, 2.24) is 4.57 Å². The van der Waals surface area contributed by atoms with Crippen molar-refractivity contribution in [3.63, 3.8) is 0 Å². The van der Waals surface area contributed by atoms with Gasteiger partial charge in [-0.2, -0.15) is 0 Å². The molecule has 0 unspecified atom stereocenters. The van der Waals surface area contributed by atoms with E-state index in [1.54, 1.807) is 24.3 Å². The van der Waals surface area contributed by atoms with Crippen LogP contribution in [0.3, 0.4) is 0 Å². The number of benzene rings is 1. The highest BCUT2D eigenvalue weighted by Gasteiger charge is 2.05. The van der Waals surface area contributed by atoms with E-state index in [1.165, 1.54) is 25.3 Å². The minimum Gasteiger partial charge on any atom is -0.504 e. The number of aromatic hydroxyl groups is 1. The van der Waals surface area contributed by atoms with Gasteiger partial charge in [0.05, 0.1) is 13.5 Å². The number of ether oxygens (including phenoxy) is 1. The first kappa shape index (κ1) is 17.3. The molecule has 0 aliphatic carbocycles. The predicted octanol–water partition coefficient (Wildman–Crippen LogP) is 2.99. The van der Waals surface area contributed by atoms with Crippen molar-refractivity contribution in [3.8, 4) is 11.5 Å². The van der Waals surface area contributed by atoms with Crippen LogP contribution in [0, 0.1) is 0 Å². The smallest absolute Gasteiger partial charge is 0.163 e. The maximum Gasteiger partial charge on any atom is 0.163 e. The van der Waals surface area contributed by atoms with E-state index < -0.39 is 0 Å². The van der Waals surface area contributed by atoms with Crippen LogP contribution in [-0.4, -0.2) is 28.3 Å². The van der Waals surface area contributed by atoms with Crippen molar-refractivity contribution in [2.45, 2.75) is 6.42 Å². The zero-order valence-corrected chi connectivity index (χ0v) is 13.6. The SMILES string of the molecule is COc1cc(C=CC(=O)CC(=O)C=Cc2cccn2C)ccc1O. The largest absolute Gasteiger partial charge is 0.504 e. The Balaban J connectivity index is 1.94. The lowest BCUT2D eigenvalue weighted by molar-refractivity contribution is -0.121. The molecule has 5 heteroatoms. The number of ketones is 2. The highest BCUT2D eigenvalue weighted by atomic mass is 16.5. The van der Waals surface area contributed by atoms with E-state index in [9.17, 15) is 14.7 Å². The Hall–Kier alpha value is -3.08. The van der Waals surface area contributed by atoms with Crippen molar-refractivity contribution in [3.05, 3.63) is 59.9 Å². The lowest BCUT2D eigenvalue weighted by Crippen LogP contribution is -2.02. The van der Waals surface area contributed by atoms with E-state index in [1.807, 2.05) is 29.9 Å². The van der Waals surface area contributed by atoms with Crippen molar-refractivity contribution < 1.29 is 19.4 Å². The monoisotopic (exact) mass is 325 g/mol. The van der Waals surface area contributed by atoms with Gasteiger partial charge in [-0.3, -0.25) is 9.59 Å². The van der Waals surface area contributed by atoms with Gasteiger partial charge in [0, 0.05) is 18.9 Å². The lowest BCUT2D eigenvalue weighted by atomic mass is 10.1. The summed E-state index contributed by atoms with van der Waals surface area (Å²) in [5.74, 6) is -0.189. The standard InChI is InChI=1S/C19H19NO4/c1-20-11-3-4-15(20)7-9-17(22)13-16(21)8-5-14-6-10-18(23)19(12-14)24-2/h3-12,23H,13H2,1-2H3. The normalized spacial score (nSPS) is 11.2. The molecule has 0 saturated carbocycles. The molecule has 2 rings (SSSR count). The fraction of sp³-hybridized carbons (Fsp3) is 0.158. The molecular weight excluding hydrogens is 306 g/mol. The number of hydrogen-bond donors (Lipinski definition) is 1. The average Bonchev–Trinajstić information content (AvgIpc) is 2.97. The molecule has 0 saturated heterocycles. The maximum absolute atomic E-state index is 11.8. The third-order valence-electron chi connectivity index (χ3n) is 3.44. The summed E-state index contributed by atoms with van der Waals surface area (Å²) < 4.78 is 6.88. The summed E-state index contributed by atoms with van der Waals surface area (Å²) in [5.41, 5.74) is 1.59. The molecule has 1 aromatic carbocycles. The molecule has 5 nitrogen and oxygen atoms in total. The highest BCUT2D eigenvalue weighted by Crippen LogP contribution is 2.26. The third kappa shape index (κ3) is 4.71. The van der Waals surface area contributed by atoms with Gasteiger partial charge in [-0.15, -0.1) is 0 Å². The second-order valence-corrected chi connectivity index (χ2v) is 5.25. The first-order valence-corrected chi connectivity index (χ1v) is 7.40. The van der Waals surface area contributed by atoms with Gasteiger partial charge < -0.3 is 14.4 Å². The Kier molecular flexibility index (Phi) is 5.73. The second-order valence-electron chi connectivity index (χ2n) is 5.25. The summed E-state index contributed by atoms with van der Waals surface area (Å²) in [7, 11) is 3.33. The minimum absolute atomic E-state index is 0.0296. The quantitative estimate of drug-likeness (QED) is 0.628. The Labute approximate surface area is 140 Å². The van der Waals surface area contributed by atoms with Gasteiger partial charge in [0.25, 0.3) is 0 Å². The van der Waals surface area contributed by atoms with E-state index in [2.05, 4.69) is 0 Å². The molecule has 0 aliphatic rings. The Bertz CT molecular complexity index is 799. The molecule has 1 heterocycles. The summed E-state index contributed by atoms with van der Waals surface area (Å²) in [6.07, 6.45) is 7.71. The van der Waals surface area contributed by atoms with Gasteiger partial charge in [-0.25, -0.2) is 0 Å². The van der Waals surface area contributed by atoms with Gasteiger partial charge in [-0.1, -0.05) is 12.1 Å². The van der Waals surface area contributed by atoms with Crippen LogP contribution in [0.4, 0.5) is 0 Å². The summed E-state index contributed by atoms with van der Waals surface area (Å²) in [6, 6.07) is 8.50. The molecule has 0 aliphatic heterocycles. The number of rotatable bonds is 7. The fourth-order valence-electron chi connectivity index (χ4n) is 2.10. The van der Waals surface area contributed by atoms with Crippen LogP contribution in [-0.2, 0) is 16.6 Å². The molecule has 1 aromatic heterocycles. The Morgan fingerprint density at radius 3 is 2.50 bits per heavy atom. The van der Waals surface area contributed by atoms with Gasteiger partial charge in [-0.05, 0) is 48.1 Å². The molecule has 0 atom stereocenters. The van der Waals surface area contributed by atoms with Crippen LogP contribution >= 0.6 is 0 Å². The van der Waals surface area contributed by atoms with E-state index in [4.69, 9.17) is 4.74 Å². The summed E-state index contributed by atoms with van der Waals surface area (Å²) >= 11 is 0. The van der Waals surface area contributed by atoms with Crippen LogP contribution in [0.15, 0.2) is 48.7 Å². The van der Waals surface area contributed by atoms with E-state index in [-0.39, 0.29) is 23.7 Å². The first-order valence-electron chi connectivity index (χ1n) is 7.40. The number of carbonyl (C=O) groups excluding carboxylic acids is 2. The van der Waals surface area contributed by atoms with Gasteiger partial charge in [0.1, 0.15) is 0 Å². The summed E-state index contributed by atoms with van der Waals surface area (Å²) in [5, 5.41) is 9.52. The topological polar surface area (TPSA) is 68.5 Å². The third-order valence-corrected chi connectivity index (χ3v) is 3.44. The van der Waals surface area contributed by atoms with E-state index >= 15 is 0 Å². The number of aryl methyl sites for hydroxylation is 1. The van der Waals surface area contributed by atoms with Crippen molar-refractivity contribution >= 4 is 23.7 Å². The van der Waals surface area contributed by atoms with Crippen LogP contribution in [0.1, 0.15) is 17.7 Å². The van der Waals surface area contributed by atoms with E-state index in [0.29, 0.717) is 11.3 Å². The van der Waals surface area contributed by atoms with Crippen LogP contribution in [0.5, 0.6) is 11.5 Å². The molecule has 1 N–H and O–H groups in total.